The molecule has 1 saturated heterocycles. The first-order valence-corrected chi connectivity index (χ1v) is 4.48. The van der Waals surface area contributed by atoms with E-state index in [-0.39, 0.29) is 6.10 Å². The number of nitrogens with one attached hydrogen (secondary N) is 1. The van der Waals surface area contributed by atoms with Crippen molar-refractivity contribution in [2.45, 2.75) is 12.5 Å². The maximum absolute atomic E-state index is 10.6. The Morgan fingerprint density at radius 3 is 3.15 bits per heavy atom. The lowest BCUT2D eigenvalue weighted by molar-refractivity contribution is -0.0247. The van der Waals surface area contributed by atoms with E-state index >= 15 is 0 Å². The monoisotopic (exact) mass is 188 g/mol. The molecule has 2 N–H and O–H groups in total. The van der Waals surface area contributed by atoms with Gasteiger partial charge in [0.1, 0.15) is 0 Å². The third kappa shape index (κ3) is 3.20. The molecular weight excluding hydrogens is 172 g/mol. The van der Waals surface area contributed by atoms with Crippen LogP contribution in [0.5, 0.6) is 0 Å². The van der Waals surface area contributed by atoms with Gasteiger partial charge < -0.3 is 20.1 Å². The molecule has 0 radical (unpaired) electrons. The standard InChI is InChI=1S/C8H16N2O3/c1-9-3-2-7-6-10(8(11)12)4-5-13-7/h7,9H,2-6H2,1H3,(H,11,12). The smallest absolute Gasteiger partial charge is 0.407 e. The Labute approximate surface area is 77.7 Å². The highest BCUT2D eigenvalue weighted by molar-refractivity contribution is 5.65. The topological polar surface area (TPSA) is 61.8 Å². The number of hydrogen-bond donors (Lipinski definition) is 2. The largest absolute Gasteiger partial charge is 0.465 e. The molecule has 13 heavy (non-hydrogen) atoms. The van der Waals surface area contributed by atoms with Crippen molar-refractivity contribution in [1.82, 2.24) is 10.2 Å². The first-order valence-electron chi connectivity index (χ1n) is 4.48. The van der Waals surface area contributed by atoms with Crippen molar-refractivity contribution < 1.29 is 14.6 Å². The van der Waals surface area contributed by atoms with Crippen LogP contribution in [0.4, 0.5) is 4.79 Å². The second-order valence-electron chi connectivity index (χ2n) is 3.11. The Kier molecular flexibility index (Phi) is 3.98. The zero-order valence-electron chi connectivity index (χ0n) is 7.82. The molecule has 0 aromatic carbocycles. The van der Waals surface area contributed by atoms with E-state index in [2.05, 4.69) is 5.32 Å². The normalized spacial score (nSPS) is 23.2. The average Bonchev–Trinajstić information content (AvgIpc) is 2.15. The molecule has 1 aliphatic rings. The molecule has 0 aromatic heterocycles. The first-order chi connectivity index (χ1) is 6.24. The van der Waals surface area contributed by atoms with E-state index in [1.807, 2.05) is 7.05 Å². The van der Waals surface area contributed by atoms with Gasteiger partial charge in [-0.1, -0.05) is 0 Å². The van der Waals surface area contributed by atoms with Crippen LogP contribution in [0.15, 0.2) is 0 Å². The fourth-order valence-corrected chi connectivity index (χ4v) is 1.37. The van der Waals surface area contributed by atoms with Crippen molar-refractivity contribution in [3.05, 3.63) is 0 Å². The Morgan fingerprint density at radius 1 is 1.77 bits per heavy atom. The lowest BCUT2D eigenvalue weighted by atomic mass is 10.2. The van der Waals surface area contributed by atoms with Crippen molar-refractivity contribution in [3.8, 4) is 0 Å². The third-order valence-corrected chi connectivity index (χ3v) is 2.13. The molecule has 76 valence electrons. The van der Waals surface area contributed by atoms with E-state index in [1.54, 1.807) is 0 Å². The van der Waals surface area contributed by atoms with Crippen LogP contribution in [-0.4, -0.2) is 55.5 Å². The summed E-state index contributed by atoms with van der Waals surface area (Å²) in [6.07, 6.45) is 0.0651. The molecule has 1 rings (SSSR count). The number of amides is 1. The highest BCUT2D eigenvalue weighted by atomic mass is 16.5. The highest BCUT2D eigenvalue weighted by Crippen LogP contribution is 2.07. The molecule has 5 heteroatoms. The lowest BCUT2D eigenvalue weighted by Crippen LogP contribution is -2.45. The van der Waals surface area contributed by atoms with Crippen LogP contribution in [0.1, 0.15) is 6.42 Å². The van der Waals surface area contributed by atoms with Crippen molar-refractivity contribution in [2.75, 3.05) is 33.3 Å². The predicted octanol–water partition coefficient (Wildman–Crippen LogP) is -0.0253. The maximum atomic E-state index is 10.6. The van der Waals surface area contributed by atoms with Crippen molar-refractivity contribution >= 4 is 6.09 Å². The molecule has 1 unspecified atom stereocenters. The Hall–Kier alpha value is -0.810. The summed E-state index contributed by atoms with van der Waals surface area (Å²) in [5.41, 5.74) is 0. The molecule has 1 heterocycles. The third-order valence-electron chi connectivity index (χ3n) is 2.13. The highest BCUT2D eigenvalue weighted by Gasteiger charge is 2.22. The van der Waals surface area contributed by atoms with E-state index in [0.29, 0.717) is 19.7 Å². The Morgan fingerprint density at radius 2 is 2.54 bits per heavy atom. The van der Waals surface area contributed by atoms with E-state index in [9.17, 15) is 4.79 Å². The van der Waals surface area contributed by atoms with Crippen LogP contribution in [0.2, 0.25) is 0 Å². The SMILES string of the molecule is CNCCC1CN(C(=O)O)CCO1. The van der Waals surface area contributed by atoms with Gasteiger partial charge in [-0.2, -0.15) is 0 Å². The van der Waals surface area contributed by atoms with E-state index in [4.69, 9.17) is 9.84 Å². The summed E-state index contributed by atoms with van der Waals surface area (Å²) in [4.78, 5) is 12.0. The van der Waals surface area contributed by atoms with Crippen LogP contribution >= 0.6 is 0 Å². The minimum Gasteiger partial charge on any atom is -0.465 e. The molecule has 0 saturated carbocycles. The van der Waals surface area contributed by atoms with Gasteiger partial charge in [-0.3, -0.25) is 0 Å². The zero-order chi connectivity index (χ0) is 9.68. The summed E-state index contributed by atoms with van der Waals surface area (Å²) in [5.74, 6) is 0. The van der Waals surface area contributed by atoms with Gasteiger partial charge in [0.15, 0.2) is 0 Å². The van der Waals surface area contributed by atoms with Crippen LogP contribution in [-0.2, 0) is 4.74 Å². The van der Waals surface area contributed by atoms with Gasteiger partial charge in [-0.15, -0.1) is 0 Å². The van der Waals surface area contributed by atoms with Gasteiger partial charge in [0, 0.05) is 6.54 Å². The lowest BCUT2D eigenvalue weighted by Gasteiger charge is -2.30. The van der Waals surface area contributed by atoms with E-state index < -0.39 is 6.09 Å². The van der Waals surface area contributed by atoms with Crippen LogP contribution in [0.3, 0.4) is 0 Å². The molecule has 0 aromatic rings. The summed E-state index contributed by atoms with van der Waals surface area (Å²) in [7, 11) is 1.87. The van der Waals surface area contributed by atoms with Gasteiger partial charge >= 0.3 is 6.09 Å². The molecule has 0 bridgehead atoms. The van der Waals surface area contributed by atoms with Gasteiger partial charge in [0.25, 0.3) is 0 Å². The van der Waals surface area contributed by atoms with Crippen molar-refractivity contribution in [3.63, 3.8) is 0 Å². The van der Waals surface area contributed by atoms with Crippen molar-refractivity contribution in [2.24, 2.45) is 0 Å². The number of morpholine rings is 1. The summed E-state index contributed by atoms with van der Waals surface area (Å²) < 4.78 is 5.42. The van der Waals surface area contributed by atoms with E-state index in [0.717, 1.165) is 13.0 Å². The molecule has 0 spiro atoms. The van der Waals surface area contributed by atoms with E-state index in [1.165, 1.54) is 4.90 Å². The number of nitrogens with zero attached hydrogens (tertiary/aromatic N) is 1. The number of carboxylic acid groups (broad SMARTS) is 1. The molecule has 1 fully saturated rings. The minimum absolute atomic E-state index is 0.0531. The Balaban J connectivity index is 2.29. The summed E-state index contributed by atoms with van der Waals surface area (Å²) >= 11 is 0. The van der Waals surface area contributed by atoms with Crippen LogP contribution < -0.4 is 5.32 Å². The van der Waals surface area contributed by atoms with Gasteiger partial charge in [0.2, 0.25) is 0 Å². The fraction of sp³-hybridized carbons (Fsp3) is 0.875. The van der Waals surface area contributed by atoms with Gasteiger partial charge in [-0.05, 0) is 20.0 Å². The molecule has 5 nitrogen and oxygen atoms in total. The van der Waals surface area contributed by atoms with Crippen LogP contribution in [0, 0.1) is 0 Å². The first kappa shape index (κ1) is 10.3. The van der Waals surface area contributed by atoms with Gasteiger partial charge in [0.05, 0.1) is 19.3 Å². The summed E-state index contributed by atoms with van der Waals surface area (Å²) in [5, 5.41) is 11.7. The Bertz CT molecular complexity index is 175. The summed E-state index contributed by atoms with van der Waals surface area (Å²) in [6, 6.07) is 0. The molecule has 1 atom stereocenters. The number of rotatable bonds is 3. The molecule has 0 aliphatic carbocycles. The number of ether oxygens (including phenoxy) is 1. The number of carbonyl (C=O) groups is 1. The maximum Gasteiger partial charge on any atom is 0.407 e. The molecule has 1 amide bonds. The van der Waals surface area contributed by atoms with Crippen molar-refractivity contribution in [1.29, 1.82) is 0 Å². The van der Waals surface area contributed by atoms with Crippen LogP contribution in [0.25, 0.3) is 0 Å². The predicted molar refractivity (Wildman–Crippen MR) is 47.9 cm³/mol. The minimum atomic E-state index is -0.849. The quantitative estimate of drug-likeness (QED) is 0.653. The number of hydrogen-bond acceptors (Lipinski definition) is 3. The second kappa shape index (κ2) is 5.04. The molecule has 1 aliphatic heterocycles. The summed E-state index contributed by atoms with van der Waals surface area (Å²) in [6.45, 7) is 2.36. The zero-order valence-corrected chi connectivity index (χ0v) is 7.82. The second-order valence-corrected chi connectivity index (χ2v) is 3.11. The fourth-order valence-electron chi connectivity index (χ4n) is 1.37. The molecular formula is C8H16N2O3. The van der Waals surface area contributed by atoms with Gasteiger partial charge in [-0.25, -0.2) is 4.79 Å². The average molecular weight is 188 g/mol.